The van der Waals surface area contributed by atoms with Gasteiger partial charge in [0.2, 0.25) is 0 Å². The van der Waals surface area contributed by atoms with Crippen molar-refractivity contribution in [2.24, 2.45) is 10.8 Å². The van der Waals surface area contributed by atoms with E-state index in [-0.39, 0.29) is 17.0 Å². The predicted molar refractivity (Wildman–Crippen MR) is 97.4 cm³/mol. The molecular formula is C22H25NO2. The van der Waals surface area contributed by atoms with Gasteiger partial charge < -0.3 is 5.32 Å². The molecule has 1 aliphatic heterocycles. The van der Waals surface area contributed by atoms with Crippen molar-refractivity contribution >= 4 is 11.6 Å². The van der Waals surface area contributed by atoms with Gasteiger partial charge in [0.25, 0.3) is 0 Å². The summed E-state index contributed by atoms with van der Waals surface area (Å²) < 4.78 is 0. The molecule has 0 aromatic heterocycles. The van der Waals surface area contributed by atoms with Gasteiger partial charge in [-0.05, 0) is 73.3 Å². The summed E-state index contributed by atoms with van der Waals surface area (Å²) in [5, 5.41) is 3.33. The van der Waals surface area contributed by atoms with Crippen LogP contribution < -0.4 is 5.32 Å². The summed E-state index contributed by atoms with van der Waals surface area (Å²) in [6, 6.07) is 4.00. The van der Waals surface area contributed by atoms with E-state index >= 15 is 0 Å². The Morgan fingerprint density at radius 1 is 1.00 bits per heavy atom. The monoisotopic (exact) mass is 335 g/mol. The molecule has 25 heavy (non-hydrogen) atoms. The number of nitrogens with one attached hydrogen (secondary N) is 1. The Morgan fingerprint density at radius 3 is 2.00 bits per heavy atom. The zero-order valence-corrected chi connectivity index (χ0v) is 15.3. The summed E-state index contributed by atoms with van der Waals surface area (Å²) in [5.41, 5.74) is 4.24. The standard InChI is InChI=1S/C22H25NO2/c1-4-5-16-6-14(2)19(15(3)7-16)20-17(24)8-21(9-18(20)25)10-22(11-21)12-23-13-22/h6-7,20,23H,8-13H2,1-3H3. The number of benzene rings is 1. The second-order valence-corrected chi connectivity index (χ2v) is 8.58. The summed E-state index contributed by atoms with van der Waals surface area (Å²) in [4.78, 5) is 26.0. The Labute approximate surface area is 149 Å². The number of hydrogen-bond donors (Lipinski definition) is 1. The van der Waals surface area contributed by atoms with Gasteiger partial charge in [-0.1, -0.05) is 5.92 Å². The van der Waals surface area contributed by atoms with E-state index in [2.05, 4.69) is 17.2 Å². The average Bonchev–Trinajstić information content (AvgIpc) is 2.45. The van der Waals surface area contributed by atoms with Crippen molar-refractivity contribution in [2.45, 2.75) is 52.4 Å². The Balaban J connectivity index is 1.61. The molecule has 1 saturated heterocycles. The third-order valence-electron chi connectivity index (χ3n) is 6.39. The largest absolute Gasteiger partial charge is 0.316 e. The maximum absolute atomic E-state index is 13.0. The van der Waals surface area contributed by atoms with Crippen LogP contribution in [0.25, 0.3) is 0 Å². The van der Waals surface area contributed by atoms with Gasteiger partial charge in [-0.3, -0.25) is 9.59 Å². The molecule has 0 radical (unpaired) electrons. The van der Waals surface area contributed by atoms with E-state index in [0.29, 0.717) is 18.3 Å². The van der Waals surface area contributed by atoms with E-state index in [1.807, 2.05) is 32.9 Å². The number of rotatable bonds is 1. The van der Waals surface area contributed by atoms with Crippen molar-refractivity contribution in [1.82, 2.24) is 5.32 Å². The normalized spacial score (nSPS) is 23.8. The van der Waals surface area contributed by atoms with Crippen LogP contribution in [0.15, 0.2) is 12.1 Å². The molecule has 0 amide bonds. The molecule has 3 aliphatic rings. The van der Waals surface area contributed by atoms with E-state index in [9.17, 15) is 9.59 Å². The van der Waals surface area contributed by atoms with Gasteiger partial charge in [-0.15, -0.1) is 5.92 Å². The van der Waals surface area contributed by atoms with Crippen LogP contribution in [0.2, 0.25) is 0 Å². The fourth-order valence-electron chi connectivity index (χ4n) is 5.67. The molecule has 1 N–H and O–H groups in total. The third kappa shape index (κ3) is 2.55. The summed E-state index contributed by atoms with van der Waals surface area (Å²) in [6.45, 7) is 7.91. The van der Waals surface area contributed by atoms with Gasteiger partial charge in [0.1, 0.15) is 17.5 Å². The summed E-state index contributed by atoms with van der Waals surface area (Å²) in [5.74, 6) is 5.66. The molecule has 130 valence electrons. The molecule has 1 aromatic carbocycles. The molecule has 3 heteroatoms. The number of aryl methyl sites for hydroxylation is 2. The van der Waals surface area contributed by atoms with Crippen LogP contribution in [0.1, 0.15) is 60.8 Å². The van der Waals surface area contributed by atoms with Crippen molar-refractivity contribution in [3.63, 3.8) is 0 Å². The molecule has 2 spiro atoms. The predicted octanol–water partition coefficient (Wildman–Crippen LogP) is 3.06. The van der Waals surface area contributed by atoms with Gasteiger partial charge in [0.15, 0.2) is 0 Å². The Morgan fingerprint density at radius 2 is 1.56 bits per heavy atom. The number of hydrogen-bond acceptors (Lipinski definition) is 3. The first-order valence-electron chi connectivity index (χ1n) is 9.17. The topological polar surface area (TPSA) is 46.2 Å². The van der Waals surface area contributed by atoms with Crippen LogP contribution in [0.4, 0.5) is 0 Å². The lowest BCUT2D eigenvalue weighted by Gasteiger charge is -2.62. The minimum absolute atomic E-state index is 0.0395. The van der Waals surface area contributed by atoms with E-state index in [1.54, 1.807) is 0 Å². The highest BCUT2D eigenvalue weighted by molar-refractivity contribution is 6.10. The maximum Gasteiger partial charge on any atom is 0.148 e. The SMILES string of the molecule is CC#Cc1cc(C)c(C2C(=O)CC3(CC2=O)CC2(CNC2)C3)c(C)c1. The second kappa shape index (κ2) is 5.54. The Hall–Kier alpha value is -1.92. The van der Waals surface area contributed by atoms with Gasteiger partial charge in [-0.2, -0.15) is 0 Å². The third-order valence-corrected chi connectivity index (χ3v) is 6.39. The highest BCUT2D eigenvalue weighted by atomic mass is 16.2. The quantitative estimate of drug-likeness (QED) is 0.634. The van der Waals surface area contributed by atoms with E-state index in [4.69, 9.17) is 0 Å². The van der Waals surface area contributed by atoms with Crippen LogP contribution >= 0.6 is 0 Å². The molecule has 0 unspecified atom stereocenters. The molecule has 4 rings (SSSR count). The lowest BCUT2D eigenvalue weighted by Crippen LogP contribution is -2.65. The van der Waals surface area contributed by atoms with Crippen molar-refractivity contribution in [2.75, 3.05) is 13.1 Å². The number of ketones is 2. The lowest BCUT2D eigenvalue weighted by molar-refractivity contribution is -0.151. The van der Waals surface area contributed by atoms with Gasteiger partial charge >= 0.3 is 0 Å². The highest BCUT2D eigenvalue weighted by Crippen LogP contribution is 2.62. The molecule has 2 saturated carbocycles. The first-order chi connectivity index (χ1) is 11.9. The van der Waals surface area contributed by atoms with Crippen LogP contribution in [-0.4, -0.2) is 24.7 Å². The van der Waals surface area contributed by atoms with Crippen LogP contribution in [-0.2, 0) is 9.59 Å². The molecule has 0 atom stereocenters. The van der Waals surface area contributed by atoms with Gasteiger partial charge in [0.05, 0.1) is 0 Å². The summed E-state index contributed by atoms with van der Waals surface area (Å²) >= 11 is 0. The Kier molecular flexibility index (Phi) is 3.67. The van der Waals surface area contributed by atoms with Gasteiger partial charge in [0, 0.05) is 31.5 Å². The lowest BCUT2D eigenvalue weighted by atomic mass is 9.45. The van der Waals surface area contributed by atoms with E-state index in [1.165, 1.54) is 0 Å². The zero-order chi connectivity index (χ0) is 17.8. The first kappa shape index (κ1) is 16.5. The summed E-state index contributed by atoms with van der Waals surface area (Å²) in [6.07, 6.45) is 3.22. The molecule has 1 aromatic rings. The van der Waals surface area contributed by atoms with Gasteiger partial charge in [-0.25, -0.2) is 0 Å². The van der Waals surface area contributed by atoms with E-state index < -0.39 is 5.92 Å². The highest BCUT2D eigenvalue weighted by Gasteiger charge is 2.60. The smallest absolute Gasteiger partial charge is 0.148 e. The minimum Gasteiger partial charge on any atom is -0.316 e. The fraction of sp³-hybridized carbons (Fsp3) is 0.545. The molecular weight excluding hydrogens is 310 g/mol. The molecule has 3 nitrogen and oxygen atoms in total. The number of Topliss-reactive ketones (excluding diaryl/α,β-unsaturated/α-hetero) is 2. The zero-order valence-electron chi connectivity index (χ0n) is 15.3. The van der Waals surface area contributed by atoms with Crippen molar-refractivity contribution < 1.29 is 9.59 Å². The maximum atomic E-state index is 13.0. The first-order valence-corrected chi connectivity index (χ1v) is 9.17. The number of carbonyl (C=O) groups is 2. The van der Waals surface area contributed by atoms with Crippen LogP contribution in [0.3, 0.4) is 0 Å². The van der Waals surface area contributed by atoms with E-state index in [0.717, 1.165) is 48.2 Å². The number of carbonyl (C=O) groups excluding carboxylic acids is 2. The molecule has 3 fully saturated rings. The van der Waals surface area contributed by atoms with Crippen molar-refractivity contribution in [3.8, 4) is 11.8 Å². The van der Waals surface area contributed by atoms with Crippen LogP contribution in [0.5, 0.6) is 0 Å². The fourth-order valence-corrected chi connectivity index (χ4v) is 5.67. The van der Waals surface area contributed by atoms with Crippen molar-refractivity contribution in [3.05, 3.63) is 34.4 Å². The van der Waals surface area contributed by atoms with Crippen molar-refractivity contribution in [1.29, 1.82) is 0 Å². The molecule has 0 bridgehead atoms. The Bertz CT molecular complexity index is 784. The van der Waals surface area contributed by atoms with Crippen LogP contribution in [0, 0.1) is 36.5 Å². The molecule has 2 aliphatic carbocycles. The molecule has 1 heterocycles. The summed E-state index contributed by atoms with van der Waals surface area (Å²) in [7, 11) is 0. The second-order valence-electron chi connectivity index (χ2n) is 8.58. The minimum atomic E-state index is -0.565. The average molecular weight is 335 g/mol.